The fraction of sp³-hybridized carbons (Fsp3) is 0.250. The van der Waals surface area contributed by atoms with Crippen molar-refractivity contribution < 1.29 is 4.74 Å². The molecule has 0 unspecified atom stereocenters. The molecule has 0 aliphatic rings. The van der Waals surface area contributed by atoms with Gasteiger partial charge < -0.3 is 10.1 Å². The monoisotopic (exact) mass is 85.1 g/mol. The number of rotatable bonds is 2. The van der Waals surface area contributed by atoms with Gasteiger partial charge in [0.05, 0.1) is 13.4 Å². The van der Waals surface area contributed by atoms with Crippen molar-refractivity contribution in [1.82, 2.24) is 0 Å². The molecule has 0 heterocycles. The van der Waals surface area contributed by atoms with Gasteiger partial charge in [-0.15, -0.1) is 0 Å². The van der Waals surface area contributed by atoms with Crippen molar-refractivity contribution in [3.63, 3.8) is 0 Å². The van der Waals surface area contributed by atoms with Crippen molar-refractivity contribution in [1.29, 1.82) is 5.41 Å². The maximum atomic E-state index is 6.41. The number of allylic oxidation sites excluding steroid dienone is 1. The lowest BCUT2D eigenvalue weighted by Gasteiger charge is -1.77. The van der Waals surface area contributed by atoms with Crippen LogP contribution in [0.25, 0.3) is 0 Å². The first kappa shape index (κ1) is 5.21. The van der Waals surface area contributed by atoms with Crippen LogP contribution < -0.4 is 0 Å². The molecule has 0 spiro atoms. The summed E-state index contributed by atoms with van der Waals surface area (Å²) in [4.78, 5) is 0. The molecule has 0 radical (unpaired) electrons. The molecule has 0 fully saturated rings. The smallest absolute Gasteiger partial charge is 0.0839 e. The number of nitrogens with one attached hydrogen (secondary N) is 1. The minimum Gasteiger partial charge on any atom is -0.504 e. The quantitative estimate of drug-likeness (QED) is 0.390. The second kappa shape index (κ2) is 4.21. The number of ether oxygens (including phenoxy) is 1. The molecule has 0 saturated heterocycles. The second-order valence-electron chi connectivity index (χ2n) is 0.731. The Morgan fingerprint density at radius 3 is 2.50 bits per heavy atom. The minimum atomic E-state index is 1.16. The van der Waals surface area contributed by atoms with Crippen LogP contribution in [0.5, 0.6) is 0 Å². The molecule has 0 saturated carbocycles. The van der Waals surface area contributed by atoms with E-state index in [9.17, 15) is 0 Å². The molecule has 0 amide bonds. The zero-order valence-electron chi connectivity index (χ0n) is 3.64. The van der Waals surface area contributed by atoms with Crippen LogP contribution in [0.2, 0.25) is 0 Å². The Balaban J connectivity index is 2.94. The van der Waals surface area contributed by atoms with Gasteiger partial charge in [-0.05, 0) is 6.08 Å². The summed E-state index contributed by atoms with van der Waals surface area (Å²) in [5.74, 6) is 0. The third-order valence-electron chi connectivity index (χ3n) is 0.311. The predicted molar refractivity (Wildman–Crippen MR) is 24.9 cm³/mol. The van der Waals surface area contributed by atoms with E-state index in [0.29, 0.717) is 0 Å². The zero-order valence-corrected chi connectivity index (χ0v) is 3.64. The van der Waals surface area contributed by atoms with E-state index >= 15 is 0 Å². The van der Waals surface area contributed by atoms with Gasteiger partial charge >= 0.3 is 0 Å². The van der Waals surface area contributed by atoms with Crippen LogP contribution in [-0.4, -0.2) is 13.3 Å². The molecule has 2 heteroatoms. The van der Waals surface area contributed by atoms with Crippen molar-refractivity contribution in [2.24, 2.45) is 0 Å². The normalized spacial score (nSPS) is 8.83. The summed E-state index contributed by atoms with van der Waals surface area (Å²) in [5, 5.41) is 6.41. The highest BCUT2D eigenvalue weighted by Crippen LogP contribution is 1.63. The topological polar surface area (TPSA) is 33.1 Å². The Kier molecular flexibility index (Phi) is 3.66. The van der Waals surface area contributed by atoms with Crippen LogP contribution in [0.15, 0.2) is 12.3 Å². The first-order valence-corrected chi connectivity index (χ1v) is 1.60. The number of hydrogen-bond donors (Lipinski definition) is 1. The van der Waals surface area contributed by atoms with Crippen molar-refractivity contribution in [2.45, 2.75) is 0 Å². The van der Waals surface area contributed by atoms with Crippen molar-refractivity contribution >= 4 is 6.21 Å². The van der Waals surface area contributed by atoms with Gasteiger partial charge in [0, 0.05) is 6.21 Å². The highest BCUT2D eigenvalue weighted by Gasteiger charge is 1.53. The molecular formula is C4H7NO. The molecule has 6 heavy (non-hydrogen) atoms. The van der Waals surface area contributed by atoms with E-state index in [4.69, 9.17) is 5.41 Å². The Bertz CT molecular complexity index is 58.6. The molecule has 0 rings (SSSR count). The lowest BCUT2D eigenvalue weighted by Crippen LogP contribution is -1.62. The number of methoxy groups -OCH3 is 1. The van der Waals surface area contributed by atoms with Gasteiger partial charge in [-0.1, -0.05) is 0 Å². The van der Waals surface area contributed by atoms with E-state index in [1.165, 1.54) is 12.3 Å². The SMILES string of the molecule is COC=CC=N. The van der Waals surface area contributed by atoms with Crippen LogP contribution in [-0.2, 0) is 4.74 Å². The molecule has 34 valence electrons. The molecular weight excluding hydrogens is 78.0 g/mol. The van der Waals surface area contributed by atoms with Gasteiger partial charge in [0.15, 0.2) is 0 Å². The Labute approximate surface area is 36.9 Å². The summed E-state index contributed by atoms with van der Waals surface area (Å²) in [5.41, 5.74) is 0. The van der Waals surface area contributed by atoms with E-state index in [0.717, 1.165) is 6.21 Å². The molecule has 0 aromatic heterocycles. The van der Waals surface area contributed by atoms with Gasteiger partial charge in [0.1, 0.15) is 0 Å². The highest BCUT2D eigenvalue weighted by atomic mass is 16.5. The summed E-state index contributed by atoms with van der Waals surface area (Å²) in [7, 11) is 1.54. The molecule has 0 aliphatic carbocycles. The minimum absolute atomic E-state index is 1.16. The average Bonchev–Trinajstić information content (AvgIpc) is 1.61. The third-order valence-corrected chi connectivity index (χ3v) is 0.311. The van der Waals surface area contributed by atoms with Gasteiger partial charge in [-0.2, -0.15) is 0 Å². The Hall–Kier alpha value is -0.790. The molecule has 0 atom stereocenters. The maximum absolute atomic E-state index is 6.41. The van der Waals surface area contributed by atoms with E-state index < -0.39 is 0 Å². The van der Waals surface area contributed by atoms with Gasteiger partial charge in [0.25, 0.3) is 0 Å². The van der Waals surface area contributed by atoms with Crippen molar-refractivity contribution in [3.05, 3.63) is 12.3 Å². The summed E-state index contributed by atoms with van der Waals surface area (Å²) >= 11 is 0. The fourth-order valence-electron chi connectivity index (χ4n) is 0.118. The van der Waals surface area contributed by atoms with Crippen LogP contribution in [0.3, 0.4) is 0 Å². The lowest BCUT2D eigenvalue weighted by molar-refractivity contribution is 0.338. The first-order chi connectivity index (χ1) is 2.91. The fourth-order valence-corrected chi connectivity index (χ4v) is 0.118. The average molecular weight is 85.1 g/mol. The van der Waals surface area contributed by atoms with Crippen LogP contribution in [0.1, 0.15) is 0 Å². The highest BCUT2D eigenvalue weighted by molar-refractivity contribution is 5.66. The van der Waals surface area contributed by atoms with E-state index in [1.807, 2.05) is 0 Å². The summed E-state index contributed by atoms with van der Waals surface area (Å²) in [6.45, 7) is 0. The molecule has 0 aliphatic heterocycles. The maximum Gasteiger partial charge on any atom is 0.0839 e. The van der Waals surface area contributed by atoms with Gasteiger partial charge in [-0.3, -0.25) is 0 Å². The summed E-state index contributed by atoms with van der Waals surface area (Å²) < 4.78 is 4.45. The van der Waals surface area contributed by atoms with E-state index in [1.54, 1.807) is 7.11 Å². The number of hydrogen-bond acceptors (Lipinski definition) is 2. The second-order valence-corrected chi connectivity index (χ2v) is 0.731. The Morgan fingerprint density at radius 2 is 2.33 bits per heavy atom. The van der Waals surface area contributed by atoms with Crippen molar-refractivity contribution in [3.8, 4) is 0 Å². The molecule has 2 nitrogen and oxygen atoms in total. The Morgan fingerprint density at radius 1 is 1.67 bits per heavy atom. The molecule has 0 aromatic rings. The van der Waals surface area contributed by atoms with Crippen LogP contribution in [0, 0.1) is 5.41 Å². The molecule has 0 aromatic carbocycles. The summed E-state index contributed by atoms with van der Waals surface area (Å²) in [6, 6.07) is 0. The molecule has 1 N–H and O–H groups in total. The van der Waals surface area contributed by atoms with Gasteiger partial charge in [-0.25, -0.2) is 0 Å². The summed E-state index contributed by atoms with van der Waals surface area (Å²) in [6.07, 6.45) is 4.09. The van der Waals surface area contributed by atoms with Crippen molar-refractivity contribution in [2.75, 3.05) is 7.11 Å². The first-order valence-electron chi connectivity index (χ1n) is 1.60. The van der Waals surface area contributed by atoms with Gasteiger partial charge in [0.2, 0.25) is 0 Å². The van der Waals surface area contributed by atoms with Crippen LogP contribution in [0.4, 0.5) is 0 Å². The predicted octanol–water partition coefficient (Wildman–Crippen LogP) is 0.796. The largest absolute Gasteiger partial charge is 0.504 e. The molecule has 0 bridgehead atoms. The lowest BCUT2D eigenvalue weighted by atomic mass is 10.7. The standard InChI is InChI=1S/C4H7NO/c1-6-4-2-3-5/h2-5H,1H3. The van der Waals surface area contributed by atoms with E-state index in [2.05, 4.69) is 4.74 Å². The zero-order chi connectivity index (χ0) is 4.83. The third kappa shape index (κ3) is 3.21. The van der Waals surface area contributed by atoms with Crippen LogP contribution >= 0.6 is 0 Å². The van der Waals surface area contributed by atoms with E-state index in [-0.39, 0.29) is 0 Å².